The van der Waals surface area contributed by atoms with Gasteiger partial charge in [0.1, 0.15) is 5.75 Å². The lowest BCUT2D eigenvalue weighted by Gasteiger charge is -2.07. The largest absolute Gasteiger partial charge is 0.496 e. The van der Waals surface area contributed by atoms with Gasteiger partial charge in [-0.3, -0.25) is 9.36 Å². The highest BCUT2D eigenvalue weighted by Crippen LogP contribution is 2.25. The Morgan fingerprint density at radius 1 is 1.42 bits per heavy atom. The molecule has 1 aromatic heterocycles. The molecule has 2 rings (SSSR count). The minimum Gasteiger partial charge on any atom is -0.496 e. The Bertz CT molecular complexity index is 724. The highest BCUT2D eigenvalue weighted by atomic mass is 79.9. The summed E-state index contributed by atoms with van der Waals surface area (Å²) >= 11 is 3.30. The van der Waals surface area contributed by atoms with Crippen LogP contribution >= 0.6 is 15.9 Å². The first-order valence-electron chi connectivity index (χ1n) is 5.33. The van der Waals surface area contributed by atoms with Gasteiger partial charge in [-0.2, -0.15) is 4.39 Å². The minimum atomic E-state index is -0.993. The lowest BCUT2D eigenvalue weighted by Crippen LogP contribution is -2.36. The van der Waals surface area contributed by atoms with Gasteiger partial charge in [0, 0.05) is 6.20 Å². The van der Waals surface area contributed by atoms with Crippen LogP contribution in [0.5, 0.6) is 5.75 Å². The molecule has 1 N–H and O–H groups in total. The van der Waals surface area contributed by atoms with Gasteiger partial charge in [-0.25, -0.2) is 4.79 Å². The van der Waals surface area contributed by atoms with Crippen LogP contribution in [0.3, 0.4) is 0 Å². The second-order valence-corrected chi connectivity index (χ2v) is 4.66. The Labute approximate surface area is 115 Å². The molecule has 19 heavy (non-hydrogen) atoms. The van der Waals surface area contributed by atoms with Crippen LogP contribution < -0.4 is 16.0 Å². The van der Waals surface area contributed by atoms with Gasteiger partial charge in [-0.05, 0) is 33.6 Å². The highest BCUT2D eigenvalue weighted by Gasteiger charge is 2.08. The first-order valence-corrected chi connectivity index (χ1v) is 6.12. The molecular weight excluding hydrogens is 319 g/mol. The van der Waals surface area contributed by atoms with E-state index in [1.165, 1.54) is 7.11 Å². The molecule has 0 atom stereocenters. The molecule has 0 spiro atoms. The smallest absolute Gasteiger partial charge is 0.328 e. The maximum atomic E-state index is 13.1. The molecule has 0 fully saturated rings. The summed E-state index contributed by atoms with van der Waals surface area (Å²) in [6.07, 6.45) is 0.755. The number of H-pyrrole nitrogens is 1. The Morgan fingerprint density at radius 3 is 2.79 bits per heavy atom. The number of halogens is 2. The van der Waals surface area contributed by atoms with E-state index in [2.05, 4.69) is 20.9 Å². The zero-order chi connectivity index (χ0) is 14.0. The molecule has 7 heteroatoms. The van der Waals surface area contributed by atoms with Crippen molar-refractivity contribution < 1.29 is 9.13 Å². The van der Waals surface area contributed by atoms with Crippen LogP contribution in [0.1, 0.15) is 5.56 Å². The van der Waals surface area contributed by atoms with Crippen molar-refractivity contribution in [2.75, 3.05) is 7.11 Å². The highest BCUT2D eigenvalue weighted by molar-refractivity contribution is 9.10. The Kier molecular flexibility index (Phi) is 3.84. The van der Waals surface area contributed by atoms with Crippen molar-refractivity contribution in [1.82, 2.24) is 9.55 Å². The second kappa shape index (κ2) is 5.40. The van der Waals surface area contributed by atoms with Gasteiger partial charge < -0.3 is 9.72 Å². The lowest BCUT2D eigenvalue weighted by atomic mass is 10.2. The summed E-state index contributed by atoms with van der Waals surface area (Å²) in [5, 5.41) is 0. The van der Waals surface area contributed by atoms with E-state index >= 15 is 0 Å². The number of nitrogens with one attached hydrogen (secondary N) is 1. The molecule has 2 aromatic rings. The van der Waals surface area contributed by atoms with Crippen molar-refractivity contribution in [3.63, 3.8) is 0 Å². The average molecular weight is 329 g/mol. The van der Waals surface area contributed by atoms with Gasteiger partial charge in [-0.15, -0.1) is 0 Å². The minimum absolute atomic E-state index is 0.0193. The summed E-state index contributed by atoms with van der Waals surface area (Å²) in [5.74, 6) is -0.364. The molecule has 5 nitrogen and oxygen atoms in total. The van der Waals surface area contributed by atoms with E-state index in [4.69, 9.17) is 4.74 Å². The van der Waals surface area contributed by atoms with Crippen LogP contribution in [0.15, 0.2) is 38.5 Å². The van der Waals surface area contributed by atoms with E-state index < -0.39 is 17.1 Å². The molecule has 0 saturated carbocycles. The molecule has 1 heterocycles. The molecule has 0 aliphatic rings. The van der Waals surface area contributed by atoms with E-state index in [9.17, 15) is 14.0 Å². The lowest BCUT2D eigenvalue weighted by molar-refractivity contribution is 0.412. The first kappa shape index (κ1) is 13.5. The Morgan fingerprint density at radius 2 is 2.16 bits per heavy atom. The van der Waals surface area contributed by atoms with Gasteiger partial charge in [0.05, 0.1) is 18.1 Å². The van der Waals surface area contributed by atoms with Crippen molar-refractivity contribution >= 4 is 15.9 Å². The zero-order valence-corrected chi connectivity index (χ0v) is 11.5. The number of hydrogen-bond donors (Lipinski definition) is 1. The van der Waals surface area contributed by atoms with Crippen LogP contribution in [-0.2, 0) is 6.54 Å². The molecule has 0 unspecified atom stereocenters. The van der Waals surface area contributed by atoms with Crippen LogP contribution in [0, 0.1) is 5.82 Å². The molecule has 1 aromatic carbocycles. The SMILES string of the molecule is COc1ccc(Cn2c(=O)[nH]cc(F)c2=O)cc1Br. The summed E-state index contributed by atoms with van der Waals surface area (Å²) in [4.78, 5) is 25.2. The second-order valence-electron chi connectivity index (χ2n) is 3.80. The standard InChI is InChI=1S/C12H10BrFN2O3/c1-19-10-3-2-7(4-8(10)13)6-16-11(17)9(14)5-15-12(16)18/h2-5H,6H2,1H3,(H,15,18). The van der Waals surface area contributed by atoms with Crippen molar-refractivity contribution in [2.24, 2.45) is 0 Å². The fourth-order valence-electron chi connectivity index (χ4n) is 1.62. The van der Waals surface area contributed by atoms with E-state index in [-0.39, 0.29) is 6.54 Å². The molecule has 0 aliphatic carbocycles. The monoisotopic (exact) mass is 328 g/mol. The van der Waals surface area contributed by atoms with Crippen molar-refractivity contribution in [3.8, 4) is 5.75 Å². The predicted octanol–water partition coefficient (Wildman–Crippen LogP) is 1.50. The molecular formula is C12H10BrFN2O3. The fraction of sp³-hybridized carbons (Fsp3) is 0.167. The summed E-state index contributed by atoms with van der Waals surface area (Å²) in [7, 11) is 1.53. The van der Waals surface area contributed by atoms with Gasteiger partial charge in [0.25, 0.3) is 5.56 Å². The van der Waals surface area contributed by atoms with Gasteiger partial charge in [0.2, 0.25) is 5.82 Å². The number of benzene rings is 1. The quantitative estimate of drug-likeness (QED) is 0.928. The van der Waals surface area contributed by atoms with Crippen LogP contribution in [-0.4, -0.2) is 16.7 Å². The molecule has 0 bridgehead atoms. The van der Waals surface area contributed by atoms with Crippen LogP contribution in [0.25, 0.3) is 0 Å². The third kappa shape index (κ3) is 2.76. The maximum absolute atomic E-state index is 13.1. The molecule has 0 amide bonds. The van der Waals surface area contributed by atoms with Crippen molar-refractivity contribution in [1.29, 1.82) is 0 Å². The summed E-state index contributed by atoms with van der Waals surface area (Å²) in [5.41, 5.74) is -0.931. The summed E-state index contributed by atoms with van der Waals surface area (Å²) in [6.45, 7) is -0.0193. The third-order valence-electron chi connectivity index (χ3n) is 2.57. The third-order valence-corrected chi connectivity index (χ3v) is 3.19. The van der Waals surface area contributed by atoms with Gasteiger partial charge in [-0.1, -0.05) is 6.07 Å². The molecule has 0 radical (unpaired) electrons. The number of hydrogen-bond acceptors (Lipinski definition) is 3. The van der Waals surface area contributed by atoms with E-state index in [0.717, 1.165) is 10.8 Å². The normalized spacial score (nSPS) is 10.5. The first-order chi connectivity index (χ1) is 9.02. The predicted molar refractivity (Wildman–Crippen MR) is 71.1 cm³/mol. The van der Waals surface area contributed by atoms with Gasteiger partial charge in [0.15, 0.2) is 0 Å². The number of ether oxygens (including phenoxy) is 1. The zero-order valence-electron chi connectivity index (χ0n) is 9.94. The Hall–Kier alpha value is -1.89. The number of nitrogens with zero attached hydrogens (tertiary/aromatic N) is 1. The van der Waals surface area contributed by atoms with Crippen molar-refractivity contribution in [3.05, 3.63) is 61.1 Å². The fourth-order valence-corrected chi connectivity index (χ4v) is 2.21. The van der Waals surface area contributed by atoms with E-state index in [1.54, 1.807) is 18.2 Å². The molecule has 0 aliphatic heterocycles. The van der Waals surface area contributed by atoms with E-state index in [1.807, 2.05) is 0 Å². The van der Waals surface area contributed by atoms with Crippen LogP contribution in [0.2, 0.25) is 0 Å². The maximum Gasteiger partial charge on any atom is 0.328 e. The number of aromatic amines is 1. The molecule has 100 valence electrons. The molecule has 0 saturated heterocycles. The van der Waals surface area contributed by atoms with Gasteiger partial charge >= 0.3 is 5.69 Å². The van der Waals surface area contributed by atoms with E-state index in [0.29, 0.717) is 15.8 Å². The summed E-state index contributed by atoms with van der Waals surface area (Å²) < 4.78 is 19.7. The van der Waals surface area contributed by atoms with Crippen molar-refractivity contribution in [2.45, 2.75) is 6.54 Å². The Balaban J connectivity index is 2.42. The average Bonchev–Trinajstić information content (AvgIpc) is 2.39. The number of aromatic nitrogens is 2. The van der Waals surface area contributed by atoms with Crippen LogP contribution in [0.4, 0.5) is 4.39 Å². The summed E-state index contributed by atoms with van der Waals surface area (Å²) in [6, 6.07) is 5.09. The number of methoxy groups -OCH3 is 1. The number of rotatable bonds is 3. The topological polar surface area (TPSA) is 64.1 Å².